The summed E-state index contributed by atoms with van der Waals surface area (Å²) in [6.07, 6.45) is 2.15. The molecule has 0 amide bonds. The van der Waals surface area contributed by atoms with E-state index < -0.39 is 11.9 Å². The van der Waals surface area contributed by atoms with E-state index in [0.717, 1.165) is 15.1 Å². The number of hydrogen-bond donors (Lipinski definition) is 1. The topological polar surface area (TPSA) is 54.4 Å². The van der Waals surface area contributed by atoms with Crippen LogP contribution in [0.1, 0.15) is 34.5 Å². The average molecular weight is 317 g/mol. The summed E-state index contributed by atoms with van der Waals surface area (Å²) in [6, 6.07) is 1.81. The number of rotatable bonds is 3. The Bertz CT molecular complexity index is 466. The molecule has 1 N–H and O–H groups in total. The Balaban J connectivity index is 2.25. The fraction of sp³-hybridized carbons (Fsp3) is 0.500. The van der Waals surface area contributed by atoms with Gasteiger partial charge in [0.2, 0.25) is 0 Å². The van der Waals surface area contributed by atoms with Crippen molar-refractivity contribution in [1.82, 2.24) is 0 Å². The number of ketones is 1. The van der Waals surface area contributed by atoms with Crippen LogP contribution in [0, 0.1) is 18.8 Å². The first-order chi connectivity index (χ1) is 8.00. The molecule has 1 aromatic rings. The first-order valence-corrected chi connectivity index (χ1v) is 7.14. The van der Waals surface area contributed by atoms with Crippen LogP contribution in [0.3, 0.4) is 0 Å². The lowest BCUT2D eigenvalue weighted by atomic mass is 9.89. The zero-order valence-corrected chi connectivity index (χ0v) is 11.8. The molecule has 1 aromatic heterocycles. The maximum absolute atomic E-state index is 12.3. The Hall–Kier alpha value is -0.680. The number of halogens is 1. The number of hydrogen-bond acceptors (Lipinski definition) is 3. The van der Waals surface area contributed by atoms with E-state index in [0.29, 0.717) is 18.4 Å². The highest BCUT2D eigenvalue weighted by molar-refractivity contribution is 9.11. The van der Waals surface area contributed by atoms with Crippen LogP contribution in [0.25, 0.3) is 0 Å². The van der Waals surface area contributed by atoms with Crippen molar-refractivity contribution in [3.63, 3.8) is 0 Å². The maximum atomic E-state index is 12.3. The molecule has 0 saturated heterocycles. The Labute approximate surface area is 112 Å². The predicted octanol–water partition coefficient (Wildman–Crippen LogP) is 3.50. The molecule has 92 valence electrons. The molecule has 2 rings (SSSR count). The third-order valence-corrected chi connectivity index (χ3v) is 4.88. The normalized spacial score (nSPS) is 23.9. The van der Waals surface area contributed by atoms with Crippen LogP contribution in [-0.4, -0.2) is 16.9 Å². The minimum atomic E-state index is -0.840. The highest BCUT2D eigenvalue weighted by Crippen LogP contribution is 2.37. The van der Waals surface area contributed by atoms with Crippen LogP contribution in [0.15, 0.2) is 9.85 Å². The third-order valence-electron chi connectivity index (χ3n) is 3.32. The van der Waals surface area contributed by atoms with Crippen molar-refractivity contribution in [2.75, 3.05) is 0 Å². The monoisotopic (exact) mass is 316 g/mol. The molecule has 0 bridgehead atoms. The fourth-order valence-electron chi connectivity index (χ4n) is 2.46. The summed E-state index contributed by atoms with van der Waals surface area (Å²) in [6.45, 7) is 1.90. The Kier molecular flexibility index (Phi) is 3.68. The number of Topliss-reactive ketones (excluding diaryl/α,β-unsaturated/α-hetero) is 1. The van der Waals surface area contributed by atoms with E-state index >= 15 is 0 Å². The van der Waals surface area contributed by atoms with E-state index in [9.17, 15) is 9.59 Å². The van der Waals surface area contributed by atoms with Gasteiger partial charge in [0.05, 0.1) is 9.70 Å². The number of carboxylic acids is 1. The van der Waals surface area contributed by atoms with Crippen molar-refractivity contribution in [1.29, 1.82) is 0 Å². The second-order valence-corrected chi connectivity index (χ2v) is 7.00. The lowest BCUT2D eigenvalue weighted by Gasteiger charge is -2.14. The van der Waals surface area contributed by atoms with Gasteiger partial charge in [-0.05, 0) is 41.8 Å². The van der Waals surface area contributed by atoms with Gasteiger partial charge >= 0.3 is 5.97 Å². The Morgan fingerprint density at radius 3 is 2.59 bits per heavy atom. The fourth-order valence-corrected chi connectivity index (χ4v) is 4.16. The maximum Gasteiger partial charge on any atom is 0.307 e. The average Bonchev–Trinajstić information content (AvgIpc) is 2.83. The van der Waals surface area contributed by atoms with Gasteiger partial charge < -0.3 is 5.11 Å². The number of thiophene rings is 1. The molecule has 2 unspecified atom stereocenters. The number of aliphatic carboxylic acids is 1. The lowest BCUT2D eigenvalue weighted by Crippen LogP contribution is -2.25. The second-order valence-electron chi connectivity index (χ2n) is 4.37. The van der Waals surface area contributed by atoms with Crippen molar-refractivity contribution in [3.8, 4) is 0 Å². The summed E-state index contributed by atoms with van der Waals surface area (Å²) in [5.41, 5.74) is 0.681. The van der Waals surface area contributed by atoms with E-state index in [4.69, 9.17) is 5.11 Å². The molecular formula is C12H13BrO3S. The number of aryl methyl sites for hydroxylation is 1. The molecule has 1 aliphatic carbocycles. The van der Waals surface area contributed by atoms with Gasteiger partial charge in [-0.1, -0.05) is 6.42 Å². The molecule has 3 nitrogen and oxygen atoms in total. The van der Waals surface area contributed by atoms with E-state index in [1.807, 2.05) is 6.92 Å². The number of carboxylic acid groups (broad SMARTS) is 1. The minimum Gasteiger partial charge on any atom is -0.481 e. The van der Waals surface area contributed by atoms with Crippen LogP contribution in [0.5, 0.6) is 0 Å². The van der Waals surface area contributed by atoms with E-state index in [1.54, 1.807) is 6.07 Å². The zero-order chi connectivity index (χ0) is 12.6. The predicted molar refractivity (Wildman–Crippen MR) is 69.6 cm³/mol. The molecule has 0 radical (unpaired) electrons. The van der Waals surface area contributed by atoms with Crippen molar-refractivity contribution < 1.29 is 14.7 Å². The molecule has 0 spiro atoms. The molecule has 5 heteroatoms. The highest BCUT2D eigenvalue weighted by Gasteiger charge is 2.38. The van der Waals surface area contributed by atoms with Crippen LogP contribution in [0.2, 0.25) is 0 Å². The Morgan fingerprint density at radius 2 is 2.06 bits per heavy atom. The van der Waals surface area contributed by atoms with Gasteiger partial charge in [-0.2, -0.15) is 0 Å². The van der Waals surface area contributed by atoms with Crippen LogP contribution in [0.4, 0.5) is 0 Å². The molecule has 2 atom stereocenters. The summed E-state index contributed by atoms with van der Waals surface area (Å²) in [5.74, 6) is -1.68. The quantitative estimate of drug-likeness (QED) is 0.868. The van der Waals surface area contributed by atoms with Gasteiger partial charge in [0.15, 0.2) is 5.78 Å². The number of carbonyl (C=O) groups excluding carboxylic acids is 1. The standard InChI is InChI=1S/C12H13BrO3S/c1-6-9(5-10(13)17-6)11(14)7-3-2-4-8(7)12(15)16/h5,7-8H,2-4H2,1H3,(H,15,16). The van der Waals surface area contributed by atoms with Gasteiger partial charge in [-0.3, -0.25) is 9.59 Å². The largest absolute Gasteiger partial charge is 0.481 e. The molecule has 1 aliphatic rings. The van der Waals surface area contributed by atoms with Gasteiger partial charge in [0.25, 0.3) is 0 Å². The molecule has 1 fully saturated rings. The van der Waals surface area contributed by atoms with Gasteiger partial charge in [-0.25, -0.2) is 0 Å². The summed E-state index contributed by atoms with van der Waals surface area (Å²) in [4.78, 5) is 24.4. The van der Waals surface area contributed by atoms with Gasteiger partial charge in [-0.15, -0.1) is 11.3 Å². The summed E-state index contributed by atoms with van der Waals surface area (Å²) >= 11 is 4.87. The van der Waals surface area contributed by atoms with E-state index in [1.165, 1.54) is 11.3 Å². The van der Waals surface area contributed by atoms with Crippen LogP contribution < -0.4 is 0 Å². The second kappa shape index (κ2) is 4.90. The zero-order valence-electron chi connectivity index (χ0n) is 9.40. The summed E-state index contributed by atoms with van der Waals surface area (Å²) in [5, 5.41) is 9.10. The molecule has 0 aromatic carbocycles. The van der Waals surface area contributed by atoms with Crippen molar-refractivity contribution in [2.24, 2.45) is 11.8 Å². The summed E-state index contributed by atoms with van der Waals surface area (Å²) in [7, 11) is 0. The molecule has 0 aliphatic heterocycles. The molecule has 1 heterocycles. The third kappa shape index (κ3) is 2.45. The molecule has 1 saturated carbocycles. The first-order valence-electron chi connectivity index (χ1n) is 5.53. The van der Waals surface area contributed by atoms with E-state index in [2.05, 4.69) is 15.9 Å². The van der Waals surface area contributed by atoms with Crippen molar-refractivity contribution >= 4 is 39.0 Å². The lowest BCUT2D eigenvalue weighted by molar-refractivity contribution is -0.142. The van der Waals surface area contributed by atoms with Crippen molar-refractivity contribution in [2.45, 2.75) is 26.2 Å². The van der Waals surface area contributed by atoms with E-state index in [-0.39, 0.29) is 11.7 Å². The van der Waals surface area contributed by atoms with Crippen LogP contribution in [-0.2, 0) is 4.79 Å². The Morgan fingerprint density at radius 1 is 1.41 bits per heavy atom. The summed E-state index contributed by atoms with van der Waals surface area (Å²) < 4.78 is 0.920. The van der Waals surface area contributed by atoms with Crippen LogP contribution >= 0.6 is 27.3 Å². The van der Waals surface area contributed by atoms with Gasteiger partial charge in [0, 0.05) is 16.4 Å². The molecule has 17 heavy (non-hydrogen) atoms. The molecular weight excluding hydrogens is 304 g/mol. The first kappa shape index (κ1) is 12.8. The van der Waals surface area contributed by atoms with Gasteiger partial charge in [0.1, 0.15) is 0 Å². The highest BCUT2D eigenvalue weighted by atomic mass is 79.9. The van der Waals surface area contributed by atoms with Crippen molar-refractivity contribution in [3.05, 3.63) is 20.3 Å². The minimum absolute atomic E-state index is 0.00523. The number of carbonyl (C=O) groups is 2. The SMILES string of the molecule is Cc1sc(Br)cc1C(=O)C1CCCC1C(=O)O. The smallest absolute Gasteiger partial charge is 0.307 e.